The van der Waals surface area contributed by atoms with Crippen LogP contribution in [0.25, 0.3) is 0 Å². The van der Waals surface area contributed by atoms with Crippen LogP contribution in [0.1, 0.15) is 10.4 Å². The van der Waals surface area contributed by atoms with Crippen molar-refractivity contribution in [1.29, 1.82) is 0 Å². The fourth-order valence-corrected chi connectivity index (χ4v) is 2.11. The van der Waals surface area contributed by atoms with Crippen LogP contribution in [0.3, 0.4) is 0 Å². The number of halogens is 1. The number of carbonyl (C=O) groups is 1. The van der Waals surface area contributed by atoms with Crippen molar-refractivity contribution in [2.75, 3.05) is 13.1 Å². The molecule has 102 valence electrons. The van der Waals surface area contributed by atoms with Gasteiger partial charge in [0.25, 0.3) is 11.6 Å². The molecule has 0 unspecified atom stereocenters. The maximum atomic E-state index is 12.1. The highest BCUT2D eigenvalue weighted by atomic mass is 35.5. The van der Waals surface area contributed by atoms with E-state index in [2.05, 4.69) is 0 Å². The van der Waals surface area contributed by atoms with Crippen LogP contribution in [0, 0.1) is 10.1 Å². The number of carbonyl (C=O) groups excluding carboxylic acids is 1. The second kappa shape index (κ2) is 5.12. The van der Waals surface area contributed by atoms with E-state index in [0.29, 0.717) is 0 Å². The van der Waals surface area contributed by atoms with E-state index in [4.69, 9.17) is 11.6 Å². The van der Waals surface area contributed by atoms with Gasteiger partial charge in [0.05, 0.1) is 17.1 Å². The predicted molar refractivity (Wildman–Crippen MR) is 66.0 cm³/mol. The quantitative estimate of drug-likeness (QED) is 0.606. The van der Waals surface area contributed by atoms with Gasteiger partial charge < -0.3 is 15.1 Å². The molecule has 2 rings (SSSR count). The van der Waals surface area contributed by atoms with Gasteiger partial charge in [0.1, 0.15) is 5.56 Å². The normalized spacial score (nSPS) is 22.6. The second-order valence-corrected chi connectivity index (χ2v) is 4.70. The Balaban J connectivity index is 2.32. The van der Waals surface area contributed by atoms with Gasteiger partial charge in [-0.15, -0.1) is 0 Å². The number of nitro benzene ring substituents is 1. The van der Waals surface area contributed by atoms with Crippen molar-refractivity contribution in [2.45, 2.75) is 12.2 Å². The molecule has 0 spiro atoms. The lowest BCUT2D eigenvalue weighted by Gasteiger charge is -2.15. The molecule has 1 heterocycles. The summed E-state index contributed by atoms with van der Waals surface area (Å²) in [6.07, 6.45) is -2.06. The van der Waals surface area contributed by atoms with Crippen LogP contribution in [-0.2, 0) is 0 Å². The average Bonchev–Trinajstić information content (AvgIpc) is 2.68. The van der Waals surface area contributed by atoms with E-state index in [9.17, 15) is 25.1 Å². The van der Waals surface area contributed by atoms with E-state index < -0.39 is 28.7 Å². The highest BCUT2D eigenvalue weighted by Crippen LogP contribution is 2.25. The standard InChI is InChI=1S/C11H11ClN2O5/c12-6-1-2-7(8(3-6)14(18)19)11(17)13-4-9(15)10(16)5-13/h1-3,9-10,15-16H,4-5H2/t9-,10+. The van der Waals surface area contributed by atoms with Gasteiger partial charge in [0.15, 0.2) is 0 Å². The largest absolute Gasteiger partial charge is 0.388 e. The molecule has 1 amide bonds. The number of likely N-dealkylation sites (tertiary alicyclic amines) is 1. The highest BCUT2D eigenvalue weighted by molar-refractivity contribution is 6.31. The molecule has 8 heteroatoms. The SMILES string of the molecule is O=C(c1ccc(Cl)cc1[N+](=O)[O-])N1C[C@@H](O)[C@@H](O)C1. The van der Waals surface area contributed by atoms with Gasteiger partial charge in [-0.3, -0.25) is 14.9 Å². The third-order valence-corrected chi connectivity index (χ3v) is 3.17. The predicted octanol–water partition coefficient (Wildman–Crippen LogP) is 0.426. The smallest absolute Gasteiger partial charge is 0.283 e. The van der Waals surface area contributed by atoms with Crippen molar-refractivity contribution < 1.29 is 19.9 Å². The number of benzene rings is 1. The minimum atomic E-state index is -1.03. The Hall–Kier alpha value is -1.70. The lowest BCUT2D eigenvalue weighted by atomic mass is 10.1. The van der Waals surface area contributed by atoms with Crippen molar-refractivity contribution in [3.63, 3.8) is 0 Å². The summed E-state index contributed by atoms with van der Waals surface area (Å²) >= 11 is 5.66. The number of hydrogen-bond donors (Lipinski definition) is 2. The summed E-state index contributed by atoms with van der Waals surface area (Å²) in [6.45, 7) is -0.112. The fourth-order valence-electron chi connectivity index (χ4n) is 1.94. The van der Waals surface area contributed by atoms with E-state index in [1.807, 2.05) is 0 Å². The Labute approximate surface area is 113 Å². The lowest BCUT2D eigenvalue weighted by Crippen LogP contribution is -2.30. The van der Waals surface area contributed by atoms with E-state index in [1.165, 1.54) is 17.0 Å². The third-order valence-electron chi connectivity index (χ3n) is 2.93. The molecule has 1 aromatic carbocycles. The number of hydrogen-bond acceptors (Lipinski definition) is 5. The van der Waals surface area contributed by atoms with Crippen molar-refractivity contribution in [3.05, 3.63) is 38.9 Å². The van der Waals surface area contributed by atoms with E-state index >= 15 is 0 Å². The average molecular weight is 287 g/mol. The molecule has 2 atom stereocenters. The summed E-state index contributed by atoms with van der Waals surface area (Å²) < 4.78 is 0. The molecule has 1 aliphatic rings. The minimum absolute atomic E-state index is 0.0558. The minimum Gasteiger partial charge on any atom is -0.388 e. The Bertz CT molecular complexity index is 526. The molecule has 0 bridgehead atoms. The molecule has 2 N–H and O–H groups in total. The zero-order valence-electron chi connectivity index (χ0n) is 9.69. The monoisotopic (exact) mass is 286 g/mol. The zero-order chi connectivity index (χ0) is 14.2. The number of aliphatic hydroxyl groups is 2. The van der Waals surface area contributed by atoms with Crippen LogP contribution in [-0.4, -0.2) is 51.2 Å². The molecule has 1 saturated heterocycles. The second-order valence-electron chi connectivity index (χ2n) is 4.26. The molecule has 1 aromatic rings. The molecule has 0 aliphatic carbocycles. The van der Waals surface area contributed by atoms with Gasteiger partial charge in [-0.2, -0.15) is 0 Å². The van der Waals surface area contributed by atoms with Crippen molar-refractivity contribution in [2.24, 2.45) is 0 Å². The summed E-state index contributed by atoms with van der Waals surface area (Å²) in [5.74, 6) is -0.612. The number of amides is 1. The van der Waals surface area contributed by atoms with Crippen LogP contribution in [0.2, 0.25) is 5.02 Å². The number of rotatable bonds is 2. The summed E-state index contributed by atoms with van der Waals surface area (Å²) in [4.78, 5) is 23.5. The van der Waals surface area contributed by atoms with E-state index in [1.54, 1.807) is 0 Å². The summed E-state index contributed by atoms with van der Waals surface area (Å²) in [6, 6.07) is 3.74. The van der Waals surface area contributed by atoms with Gasteiger partial charge in [-0.05, 0) is 12.1 Å². The van der Waals surface area contributed by atoms with Gasteiger partial charge in [-0.1, -0.05) is 11.6 Å². The van der Waals surface area contributed by atoms with Crippen molar-refractivity contribution >= 4 is 23.2 Å². The molecule has 1 aliphatic heterocycles. The van der Waals surface area contributed by atoms with E-state index in [0.717, 1.165) is 6.07 Å². The first-order valence-corrected chi connectivity index (χ1v) is 5.87. The van der Waals surface area contributed by atoms with Crippen LogP contribution < -0.4 is 0 Å². The van der Waals surface area contributed by atoms with Crippen LogP contribution in [0.15, 0.2) is 18.2 Å². The third kappa shape index (κ3) is 2.67. The molecule has 0 saturated carbocycles. The molecule has 0 radical (unpaired) electrons. The number of β-amino-alcohol motifs (C(OH)–C–C–N with tert-alkyl or cyclic N) is 2. The zero-order valence-corrected chi connectivity index (χ0v) is 10.4. The molecular formula is C11H11ClN2O5. The number of nitro groups is 1. The molecule has 0 aromatic heterocycles. The number of nitrogens with zero attached hydrogens (tertiary/aromatic N) is 2. The van der Waals surface area contributed by atoms with Crippen molar-refractivity contribution in [1.82, 2.24) is 4.90 Å². The Morgan fingerprint density at radius 2 is 1.95 bits per heavy atom. The Kier molecular flexibility index (Phi) is 3.70. The first-order chi connectivity index (χ1) is 8.90. The first kappa shape index (κ1) is 13.7. The molecule has 7 nitrogen and oxygen atoms in total. The Morgan fingerprint density at radius 1 is 1.37 bits per heavy atom. The van der Waals surface area contributed by atoms with Crippen molar-refractivity contribution in [3.8, 4) is 0 Å². The summed E-state index contributed by atoms with van der Waals surface area (Å²) in [7, 11) is 0. The molecular weight excluding hydrogens is 276 g/mol. The summed E-state index contributed by atoms with van der Waals surface area (Å²) in [5, 5.41) is 29.8. The number of aliphatic hydroxyl groups excluding tert-OH is 2. The van der Waals surface area contributed by atoms with Gasteiger partial charge >= 0.3 is 0 Å². The highest BCUT2D eigenvalue weighted by Gasteiger charge is 2.35. The Morgan fingerprint density at radius 3 is 2.47 bits per heavy atom. The first-order valence-electron chi connectivity index (χ1n) is 5.49. The van der Waals surface area contributed by atoms with E-state index in [-0.39, 0.29) is 23.7 Å². The van der Waals surface area contributed by atoms with Crippen LogP contribution >= 0.6 is 11.6 Å². The molecule has 19 heavy (non-hydrogen) atoms. The van der Waals surface area contributed by atoms with Gasteiger partial charge in [0.2, 0.25) is 0 Å². The maximum absolute atomic E-state index is 12.1. The summed E-state index contributed by atoms with van der Waals surface area (Å²) in [5.41, 5.74) is -0.510. The van der Waals surface area contributed by atoms with Gasteiger partial charge in [-0.25, -0.2) is 0 Å². The van der Waals surface area contributed by atoms with Gasteiger partial charge in [0, 0.05) is 24.2 Å². The maximum Gasteiger partial charge on any atom is 0.283 e. The molecule has 1 fully saturated rings. The topological polar surface area (TPSA) is 104 Å². The fraction of sp³-hybridized carbons (Fsp3) is 0.364. The van der Waals surface area contributed by atoms with Crippen LogP contribution in [0.5, 0.6) is 0 Å². The van der Waals surface area contributed by atoms with Crippen LogP contribution in [0.4, 0.5) is 5.69 Å². The lowest BCUT2D eigenvalue weighted by molar-refractivity contribution is -0.385.